The number of aromatic nitrogens is 2. The van der Waals surface area contributed by atoms with E-state index in [0.29, 0.717) is 18.5 Å². The Kier molecular flexibility index (Phi) is 3.32. The monoisotopic (exact) mass is 235 g/mol. The van der Waals surface area contributed by atoms with Gasteiger partial charge in [-0.15, -0.1) is 0 Å². The normalized spacial score (nSPS) is 20.0. The zero-order valence-electron chi connectivity index (χ0n) is 9.24. The van der Waals surface area contributed by atoms with Gasteiger partial charge in [-0.2, -0.15) is 10.2 Å². The molecule has 1 aromatic heterocycles. The van der Waals surface area contributed by atoms with Crippen LogP contribution in [0.2, 0.25) is 0 Å². The van der Waals surface area contributed by atoms with Gasteiger partial charge in [0.2, 0.25) is 0 Å². The molecule has 1 amide bonds. The van der Waals surface area contributed by atoms with Gasteiger partial charge >= 0.3 is 5.97 Å². The van der Waals surface area contributed by atoms with Crippen molar-refractivity contribution in [2.75, 3.05) is 6.54 Å². The van der Waals surface area contributed by atoms with Crippen molar-refractivity contribution in [3.8, 4) is 0 Å². The van der Waals surface area contributed by atoms with Gasteiger partial charge in [-0.05, 0) is 25.3 Å². The van der Waals surface area contributed by atoms with Crippen molar-refractivity contribution in [2.45, 2.75) is 25.3 Å². The Labute approximate surface area is 98.3 Å². The van der Waals surface area contributed by atoms with Gasteiger partial charge in [0.05, 0.1) is 18.0 Å². The van der Waals surface area contributed by atoms with Crippen molar-refractivity contribution in [3.05, 3.63) is 24.0 Å². The molecule has 0 unspecified atom stereocenters. The van der Waals surface area contributed by atoms with Gasteiger partial charge in [0.1, 0.15) is 6.04 Å². The summed E-state index contributed by atoms with van der Waals surface area (Å²) in [5.74, 6) is -1.23. The number of carboxylic acids is 1. The summed E-state index contributed by atoms with van der Waals surface area (Å²) in [5.41, 5.74) is 0.383. The summed E-state index contributed by atoms with van der Waals surface area (Å²) in [6.45, 7) is 0.484. The largest absolute Gasteiger partial charge is 0.480 e. The quantitative estimate of drug-likeness (QED) is 0.809. The molecule has 1 fully saturated rings. The van der Waals surface area contributed by atoms with Crippen molar-refractivity contribution in [1.29, 1.82) is 0 Å². The molecule has 0 saturated carbocycles. The van der Waals surface area contributed by atoms with E-state index in [1.165, 1.54) is 17.3 Å². The van der Waals surface area contributed by atoms with Gasteiger partial charge in [0, 0.05) is 6.54 Å². The smallest absolute Gasteiger partial charge is 0.326 e. The number of amides is 1. The van der Waals surface area contributed by atoms with Gasteiger partial charge in [-0.1, -0.05) is 0 Å². The number of hydrogen-bond donors (Lipinski definition) is 1. The highest BCUT2D eigenvalue weighted by molar-refractivity contribution is 5.96. The second-order valence-corrected chi connectivity index (χ2v) is 3.98. The van der Waals surface area contributed by atoms with Crippen molar-refractivity contribution >= 4 is 11.9 Å². The van der Waals surface area contributed by atoms with Crippen LogP contribution in [0.4, 0.5) is 0 Å². The summed E-state index contributed by atoms with van der Waals surface area (Å²) in [4.78, 5) is 24.6. The first-order valence-corrected chi connectivity index (χ1v) is 5.50. The zero-order chi connectivity index (χ0) is 12.3. The Balaban J connectivity index is 2.20. The van der Waals surface area contributed by atoms with Crippen LogP contribution in [-0.2, 0) is 4.79 Å². The lowest BCUT2D eigenvalue weighted by atomic mass is 10.0. The van der Waals surface area contributed by atoms with Crippen LogP contribution in [0.5, 0.6) is 0 Å². The first kappa shape index (κ1) is 11.5. The predicted molar refractivity (Wildman–Crippen MR) is 58.3 cm³/mol. The molecule has 0 radical (unpaired) electrons. The number of carboxylic acid groups (broad SMARTS) is 1. The molecule has 1 aromatic rings. The minimum atomic E-state index is -0.944. The number of aliphatic carboxylic acids is 1. The summed E-state index contributed by atoms with van der Waals surface area (Å²) >= 11 is 0. The number of carbonyl (C=O) groups is 2. The van der Waals surface area contributed by atoms with E-state index in [-0.39, 0.29) is 5.91 Å². The first-order valence-electron chi connectivity index (χ1n) is 5.50. The fourth-order valence-corrected chi connectivity index (χ4v) is 2.01. The summed E-state index contributed by atoms with van der Waals surface area (Å²) in [7, 11) is 0. The number of piperidine rings is 1. The van der Waals surface area contributed by atoms with E-state index in [1.54, 1.807) is 6.07 Å². The zero-order valence-corrected chi connectivity index (χ0v) is 9.24. The van der Waals surface area contributed by atoms with Crippen LogP contribution in [0.15, 0.2) is 18.5 Å². The second kappa shape index (κ2) is 4.90. The third kappa shape index (κ3) is 2.41. The molecule has 90 valence electrons. The van der Waals surface area contributed by atoms with Crippen LogP contribution in [0.1, 0.15) is 29.6 Å². The molecule has 0 bridgehead atoms. The molecular weight excluding hydrogens is 222 g/mol. The molecule has 1 saturated heterocycles. The van der Waals surface area contributed by atoms with E-state index in [4.69, 9.17) is 5.11 Å². The third-order valence-corrected chi connectivity index (χ3v) is 2.88. The average molecular weight is 235 g/mol. The fraction of sp³-hybridized carbons (Fsp3) is 0.455. The van der Waals surface area contributed by atoms with Crippen molar-refractivity contribution < 1.29 is 14.7 Å². The molecule has 1 atom stereocenters. The number of hydrogen-bond acceptors (Lipinski definition) is 4. The molecule has 0 spiro atoms. The Morgan fingerprint density at radius 2 is 2.18 bits per heavy atom. The SMILES string of the molecule is O=C(O)[C@@H]1CCCCN1C(=O)c1ccnnc1. The Hall–Kier alpha value is -1.98. The molecule has 2 rings (SSSR count). The van der Waals surface area contributed by atoms with Crippen molar-refractivity contribution in [3.63, 3.8) is 0 Å². The standard InChI is InChI=1S/C11H13N3O3/c15-10(8-4-5-12-13-7-8)14-6-2-1-3-9(14)11(16)17/h4-5,7,9H,1-3,6H2,(H,16,17)/t9-/m0/s1. The minimum absolute atomic E-state index is 0.285. The molecule has 6 heteroatoms. The number of rotatable bonds is 2. The molecule has 0 aliphatic carbocycles. The maximum atomic E-state index is 12.1. The van der Waals surface area contributed by atoms with Crippen molar-refractivity contribution in [1.82, 2.24) is 15.1 Å². The van der Waals surface area contributed by atoms with E-state index in [0.717, 1.165) is 12.8 Å². The fourth-order valence-electron chi connectivity index (χ4n) is 2.01. The maximum Gasteiger partial charge on any atom is 0.326 e. The lowest BCUT2D eigenvalue weighted by molar-refractivity contribution is -0.143. The highest BCUT2D eigenvalue weighted by Gasteiger charge is 2.32. The van der Waals surface area contributed by atoms with Crippen molar-refractivity contribution in [2.24, 2.45) is 0 Å². The third-order valence-electron chi connectivity index (χ3n) is 2.88. The lowest BCUT2D eigenvalue weighted by Gasteiger charge is -2.32. The van der Waals surface area contributed by atoms with Crippen LogP contribution in [0.25, 0.3) is 0 Å². The Bertz CT molecular complexity index is 421. The van der Waals surface area contributed by atoms with Gasteiger partial charge < -0.3 is 10.0 Å². The predicted octanol–water partition coefficient (Wildman–Crippen LogP) is 0.556. The molecular formula is C11H13N3O3. The molecule has 2 heterocycles. The highest BCUT2D eigenvalue weighted by atomic mass is 16.4. The summed E-state index contributed by atoms with van der Waals surface area (Å²) < 4.78 is 0. The van der Waals surface area contributed by atoms with Gasteiger partial charge in [-0.3, -0.25) is 4.79 Å². The molecule has 0 aromatic carbocycles. The second-order valence-electron chi connectivity index (χ2n) is 3.98. The van der Waals surface area contributed by atoms with Crippen LogP contribution in [0, 0.1) is 0 Å². The number of likely N-dealkylation sites (tertiary alicyclic amines) is 1. The van der Waals surface area contributed by atoms with E-state index in [9.17, 15) is 9.59 Å². The first-order chi connectivity index (χ1) is 8.20. The van der Waals surface area contributed by atoms with Gasteiger partial charge in [-0.25, -0.2) is 4.79 Å². The topological polar surface area (TPSA) is 83.4 Å². The summed E-state index contributed by atoms with van der Waals surface area (Å²) in [6, 6.07) is 0.826. The highest BCUT2D eigenvalue weighted by Crippen LogP contribution is 2.19. The lowest BCUT2D eigenvalue weighted by Crippen LogP contribution is -2.48. The van der Waals surface area contributed by atoms with E-state index >= 15 is 0 Å². The molecule has 1 N–H and O–H groups in total. The Morgan fingerprint density at radius 1 is 1.35 bits per heavy atom. The molecule has 17 heavy (non-hydrogen) atoms. The maximum absolute atomic E-state index is 12.1. The molecule has 6 nitrogen and oxygen atoms in total. The van der Waals surface area contributed by atoms with Gasteiger partial charge in [0.25, 0.3) is 5.91 Å². The van der Waals surface area contributed by atoms with Gasteiger partial charge in [0.15, 0.2) is 0 Å². The number of nitrogens with zero attached hydrogens (tertiary/aromatic N) is 3. The van der Waals surface area contributed by atoms with Crippen LogP contribution >= 0.6 is 0 Å². The van der Waals surface area contributed by atoms with Crippen LogP contribution < -0.4 is 0 Å². The summed E-state index contributed by atoms with van der Waals surface area (Å²) in [5, 5.41) is 16.3. The minimum Gasteiger partial charge on any atom is -0.480 e. The molecule has 1 aliphatic rings. The molecule has 1 aliphatic heterocycles. The van der Waals surface area contributed by atoms with E-state index in [2.05, 4.69) is 10.2 Å². The average Bonchev–Trinajstić information content (AvgIpc) is 2.39. The van der Waals surface area contributed by atoms with Crippen LogP contribution in [0.3, 0.4) is 0 Å². The number of carbonyl (C=O) groups excluding carboxylic acids is 1. The van der Waals surface area contributed by atoms with E-state index in [1.807, 2.05) is 0 Å². The summed E-state index contributed by atoms with van der Waals surface area (Å²) in [6.07, 6.45) is 4.98. The van der Waals surface area contributed by atoms with Crippen LogP contribution in [-0.4, -0.2) is 44.7 Å². The Morgan fingerprint density at radius 3 is 2.82 bits per heavy atom. The van der Waals surface area contributed by atoms with E-state index < -0.39 is 12.0 Å².